The highest BCUT2D eigenvalue weighted by Gasteiger charge is 2.07. The minimum absolute atomic E-state index is 0.380. The Kier molecular flexibility index (Phi) is 6.12. The molecule has 0 radical (unpaired) electrons. The lowest BCUT2D eigenvalue weighted by atomic mass is 10.3. The lowest BCUT2D eigenvalue weighted by Crippen LogP contribution is -2.03. The SMILES string of the molecule is C/C=C/C(=O)Oc1ccc(Sc2ccccc2Oc2ccccc2)cc1. The molecular weight excluding hydrogens is 344 g/mol. The van der Waals surface area contributed by atoms with Crippen LogP contribution >= 0.6 is 11.8 Å². The maximum Gasteiger partial charge on any atom is 0.335 e. The predicted octanol–water partition coefficient (Wildman–Crippen LogP) is 6.11. The van der Waals surface area contributed by atoms with E-state index in [2.05, 4.69) is 0 Å². The number of ether oxygens (including phenoxy) is 2. The number of carbonyl (C=O) groups excluding carboxylic acids is 1. The van der Waals surface area contributed by atoms with E-state index in [1.807, 2.05) is 66.7 Å². The maximum absolute atomic E-state index is 11.5. The van der Waals surface area contributed by atoms with Gasteiger partial charge in [-0.3, -0.25) is 0 Å². The highest BCUT2D eigenvalue weighted by molar-refractivity contribution is 7.99. The molecule has 3 aromatic carbocycles. The molecule has 0 aliphatic carbocycles. The highest BCUT2D eigenvalue weighted by atomic mass is 32.2. The molecule has 0 saturated heterocycles. The summed E-state index contributed by atoms with van der Waals surface area (Å²) in [6, 6.07) is 25.0. The summed E-state index contributed by atoms with van der Waals surface area (Å²) in [7, 11) is 0. The minimum Gasteiger partial charge on any atom is -0.456 e. The molecule has 0 aliphatic heterocycles. The van der Waals surface area contributed by atoms with Crippen molar-refractivity contribution < 1.29 is 14.3 Å². The summed E-state index contributed by atoms with van der Waals surface area (Å²) in [6.07, 6.45) is 3.04. The summed E-state index contributed by atoms with van der Waals surface area (Å²) < 4.78 is 11.2. The van der Waals surface area contributed by atoms with E-state index in [0.29, 0.717) is 5.75 Å². The summed E-state index contributed by atoms with van der Waals surface area (Å²) >= 11 is 1.59. The Hall–Kier alpha value is -2.98. The molecular formula is C22H18O3S. The quantitative estimate of drug-likeness (QED) is 0.301. The fraction of sp³-hybridized carbons (Fsp3) is 0.0455. The fourth-order valence-electron chi connectivity index (χ4n) is 2.22. The van der Waals surface area contributed by atoms with Crippen LogP contribution in [0.3, 0.4) is 0 Å². The highest BCUT2D eigenvalue weighted by Crippen LogP contribution is 2.37. The number of esters is 1. The summed E-state index contributed by atoms with van der Waals surface area (Å²) in [5.41, 5.74) is 0. The number of hydrogen-bond donors (Lipinski definition) is 0. The smallest absolute Gasteiger partial charge is 0.335 e. The molecule has 4 heteroatoms. The Morgan fingerprint density at radius 3 is 2.27 bits per heavy atom. The zero-order valence-corrected chi connectivity index (χ0v) is 15.1. The van der Waals surface area contributed by atoms with E-state index in [-0.39, 0.29) is 5.97 Å². The van der Waals surface area contributed by atoms with Crippen molar-refractivity contribution in [2.45, 2.75) is 16.7 Å². The molecule has 0 spiro atoms. The minimum atomic E-state index is -0.380. The van der Waals surface area contributed by atoms with E-state index < -0.39 is 0 Å². The van der Waals surface area contributed by atoms with E-state index in [4.69, 9.17) is 9.47 Å². The van der Waals surface area contributed by atoms with Gasteiger partial charge in [-0.15, -0.1) is 0 Å². The number of carbonyl (C=O) groups is 1. The monoisotopic (exact) mass is 362 g/mol. The van der Waals surface area contributed by atoms with E-state index in [0.717, 1.165) is 21.3 Å². The molecule has 3 rings (SSSR count). The topological polar surface area (TPSA) is 35.5 Å². The first-order chi connectivity index (χ1) is 12.7. The third-order valence-corrected chi connectivity index (χ3v) is 4.46. The Morgan fingerprint density at radius 1 is 0.846 bits per heavy atom. The van der Waals surface area contributed by atoms with Crippen LogP contribution in [-0.4, -0.2) is 5.97 Å². The zero-order chi connectivity index (χ0) is 18.2. The van der Waals surface area contributed by atoms with Gasteiger partial charge in [0.25, 0.3) is 0 Å². The van der Waals surface area contributed by atoms with Crippen LogP contribution < -0.4 is 9.47 Å². The number of hydrogen-bond acceptors (Lipinski definition) is 4. The van der Waals surface area contributed by atoms with Crippen LogP contribution in [0.1, 0.15) is 6.92 Å². The molecule has 0 atom stereocenters. The molecule has 0 unspecified atom stereocenters. The normalized spacial score (nSPS) is 10.7. The van der Waals surface area contributed by atoms with Gasteiger partial charge in [-0.1, -0.05) is 48.2 Å². The molecule has 0 aromatic heterocycles. The molecule has 130 valence electrons. The first-order valence-corrected chi connectivity index (χ1v) is 9.00. The molecule has 0 heterocycles. The van der Waals surface area contributed by atoms with Crippen LogP contribution in [0.5, 0.6) is 17.2 Å². The zero-order valence-electron chi connectivity index (χ0n) is 14.3. The molecule has 0 saturated carbocycles. The van der Waals surface area contributed by atoms with Crippen LogP contribution in [-0.2, 0) is 4.79 Å². The van der Waals surface area contributed by atoms with Gasteiger partial charge in [0.2, 0.25) is 0 Å². The van der Waals surface area contributed by atoms with Gasteiger partial charge in [-0.2, -0.15) is 0 Å². The van der Waals surface area contributed by atoms with Crippen LogP contribution in [0.15, 0.2) is 101 Å². The van der Waals surface area contributed by atoms with Crippen molar-refractivity contribution in [3.63, 3.8) is 0 Å². The fourth-order valence-corrected chi connectivity index (χ4v) is 3.11. The summed E-state index contributed by atoms with van der Waals surface area (Å²) in [4.78, 5) is 13.5. The van der Waals surface area contributed by atoms with Gasteiger partial charge in [0.05, 0.1) is 4.90 Å². The second-order valence-corrected chi connectivity index (χ2v) is 6.47. The van der Waals surface area contributed by atoms with E-state index in [1.165, 1.54) is 6.08 Å². The van der Waals surface area contributed by atoms with Gasteiger partial charge in [0.15, 0.2) is 0 Å². The lowest BCUT2D eigenvalue weighted by molar-refractivity contribution is -0.129. The van der Waals surface area contributed by atoms with Crippen molar-refractivity contribution >= 4 is 17.7 Å². The first kappa shape index (κ1) is 17.8. The largest absolute Gasteiger partial charge is 0.456 e. The van der Waals surface area contributed by atoms with Gasteiger partial charge in [-0.25, -0.2) is 4.79 Å². The Morgan fingerprint density at radius 2 is 1.54 bits per heavy atom. The Bertz CT molecular complexity index is 887. The van der Waals surface area contributed by atoms with Crippen molar-refractivity contribution in [2.24, 2.45) is 0 Å². The van der Waals surface area contributed by atoms with Crippen LogP contribution in [0.4, 0.5) is 0 Å². The average molecular weight is 362 g/mol. The molecule has 0 fully saturated rings. The summed E-state index contributed by atoms with van der Waals surface area (Å²) in [6.45, 7) is 1.77. The van der Waals surface area contributed by atoms with Crippen molar-refractivity contribution in [1.82, 2.24) is 0 Å². The second kappa shape index (κ2) is 8.92. The van der Waals surface area contributed by atoms with Gasteiger partial charge in [0.1, 0.15) is 17.2 Å². The number of rotatable bonds is 6. The number of para-hydroxylation sites is 2. The third kappa shape index (κ3) is 5.01. The van der Waals surface area contributed by atoms with Gasteiger partial charge < -0.3 is 9.47 Å². The van der Waals surface area contributed by atoms with E-state index in [1.54, 1.807) is 36.9 Å². The third-order valence-electron chi connectivity index (χ3n) is 3.39. The number of benzene rings is 3. The Labute approximate surface area is 157 Å². The van der Waals surface area contributed by atoms with Crippen LogP contribution in [0, 0.1) is 0 Å². The van der Waals surface area contributed by atoms with Gasteiger partial charge in [0, 0.05) is 11.0 Å². The van der Waals surface area contributed by atoms with Crippen molar-refractivity contribution in [3.05, 3.63) is 91.0 Å². The van der Waals surface area contributed by atoms with E-state index in [9.17, 15) is 4.79 Å². The summed E-state index contributed by atoms with van der Waals surface area (Å²) in [5.74, 6) is 1.74. The van der Waals surface area contributed by atoms with Crippen LogP contribution in [0.25, 0.3) is 0 Å². The number of allylic oxidation sites excluding steroid dienone is 1. The Balaban J connectivity index is 1.72. The van der Waals surface area contributed by atoms with Gasteiger partial charge >= 0.3 is 5.97 Å². The molecule has 0 bridgehead atoms. The second-order valence-electron chi connectivity index (χ2n) is 5.36. The lowest BCUT2D eigenvalue weighted by Gasteiger charge is -2.11. The molecule has 26 heavy (non-hydrogen) atoms. The first-order valence-electron chi connectivity index (χ1n) is 8.19. The van der Waals surface area contributed by atoms with Crippen molar-refractivity contribution in [3.8, 4) is 17.2 Å². The molecule has 0 aliphatic rings. The summed E-state index contributed by atoms with van der Waals surface area (Å²) in [5, 5.41) is 0. The molecule has 3 aromatic rings. The van der Waals surface area contributed by atoms with Crippen molar-refractivity contribution in [1.29, 1.82) is 0 Å². The molecule has 0 N–H and O–H groups in total. The predicted molar refractivity (Wildman–Crippen MR) is 104 cm³/mol. The molecule has 3 nitrogen and oxygen atoms in total. The van der Waals surface area contributed by atoms with E-state index >= 15 is 0 Å². The van der Waals surface area contributed by atoms with Crippen LogP contribution in [0.2, 0.25) is 0 Å². The average Bonchev–Trinajstić information content (AvgIpc) is 2.66. The maximum atomic E-state index is 11.5. The van der Waals surface area contributed by atoms with Crippen molar-refractivity contribution in [2.75, 3.05) is 0 Å². The standard InChI is InChI=1S/C22H18O3S/c1-2-8-22(23)25-18-13-15-19(16-14-18)26-21-12-7-6-11-20(21)24-17-9-4-3-5-10-17/h2-16H,1H3/b8-2+. The molecule has 0 amide bonds. The van der Waals surface area contributed by atoms with Gasteiger partial charge in [-0.05, 0) is 55.5 Å².